The zero-order valence-electron chi connectivity index (χ0n) is 14.6. The topological polar surface area (TPSA) is 16.1 Å². The average molecular weight is 303 g/mol. The summed E-state index contributed by atoms with van der Waals surface area (Å²) in [4.78, 5) is 7.06. The van der Waals surface area contributed by atoms with Gasteiger partial charge in [0.1, 0.15) is 0 Å². The van der Waals surface area contributed by atoms with Crippen molar-refractivity contribution in [2.75, 3.05) is 13.1 Å². The van der Waals surface area contributed by atoms with E-state index >= 15 is 0 Å². The van der Waals surface area contributed by atoms with Gasteiger partial charge < -0.3 is 0 Å². The molecule has 0 amide bonds. The summed E-state index contributed by atoms with van der Waals surface area (Å²) in [7, 11) is 0. The maximum Gasteiger partial charge on any atom is 0.0543 e. The third-order valence-corrected chi connectivity index (χ3v) is 5.27. The molecule has 0 aromatic carbocycles. The van der Waals surface area contributed by atoms with Gasteiger partial charge in [0, 0.05) is 12.7 Å². The number of nitrogens with zero attached hydrogens (tertiary/aromatic N) is 2. The highest BCUT2D eigenvalue weighted by Gasteiger charge is 2.25. The van der Waals surface area contributed by atoms with Crippen LogP contribution in [-0.4, -0.2) is 23.0 Å². The van der Waals surface area contributed by atoms with Crippen molar-refractivity contribution in [1.82, 2.24) is 9.88 Å². The Kier molecular flexibility index (Phi) is 7.93. The van der Waals surface area contributed by atoms with Crippen molar-refractivity contribution in [3.8, 4) is 0 Å². The van der Waals surface area contributed by atoms with E-state index in [2.05, 4.69) is 35.9 Å². The third kappa shape index (κ3) is 5.72. The monoisotopic (exact) mass is 302 g/mol. The van der Waals surface area contributed by atoms with Gasteiger partial charge in [0.25, 0.3) is 0 Å². The minimum absolute atomic E-state index is 0.970. The van der Waals surface area contributed by atoms with E-state index in [-0.39, 0.29) is 0 Å². The fourth-order valence-corrected chi connectivity index (χ4v) is 3.85. The van der Waals surface area contributed by atoms with Gasteiger partial charge >= 0.3 is 0 Å². The number of aromatic nitrogens is 1. The lowest BCUT2D eigenvalue weighted by Crippen LogP contribution is -2.36. The lowest BCUT2D eigenvalue weighted by Gasteiger charge is -2.36. The minimum Gasteiger partial charge on any atom is -0.297 e. The molecule has 1 aromatic rings. The molecule has 0 N–H and O–H groups in total. The number of rotatable bonds is 9. The third-order valence-electron chi connectivity index (χ3n) is 5.27. The molecule has 2 heteroatoms. The molecule has 1 saturated heterocycles. The second-order valence-corrected chi connectivity index (χ2v) is 6.98. The number of hydrogen-bond acceptors (Lipinski definition) is 2. The maximum absolute atomic E-state index is 4.47. The van der Waals surface area contributed by atoms with Gasteiger partial charge in [0.15, 0.2) is 0 Å². The fraction of sp³-hybridized carbons (Fsp3) is 0.750. The summed E-state index contributed by atoms with van der Waals surface area (Å²) < 4.78 is 0. The van der Waals surface area contributed by atoms with Crippen LogP contribution < -0.4 is 0 Å². The molecule has 2 heterocycles. The van der Waals surface area contributed by atoms with Crippen LogP contribution in [0.4, 0.5) is 0 Å². The number of piperidine rings is 1. The molecule has 1 aliphatic heterocycles. The summed E-state index contributed by atoms with van der Waals surface area (Å²) in [5.74, 6) is 1.95. The van der Waals surface area contributed by atoms with Crippen molar-refractivity contribution >= 4 is 0 Å². The quantitative estimate of drug-likeness (QED) is 0.616. The molecule has 2 rings (SSSR count). The summed E-state index contributed by atoms with van der Waals surface area (Å²) in [5, 5.41) is 0. The van der Waals surface area contributed by atoms with Crippen LogP contribution in [0, 0.1) is 11.8 Å². The normalized spacial score (nSPS) is 17.2. The molecule has 22 heavy (non-hydrogen) atoms. The van der Waals surface area contributed by atoms with Gasteiger partial charge in [0.05, 0.1) is 5.69 Å². The van der Waals surface area contributed by atoms with Crippen LogP contribution in [0.15, 0.2) is 24.4 Å². The van der Waals surface area contributed by atoms with Crippen LogP contribution in [-0.2, 0) is 6.54 Å². The van der Waals surface area contributed by atoms with Gasteiger partial charge in [-0.1, -0.05) is 58.4 Å². The minimum atomic E-state index is 0.970. The Morgan fingerprint density at radius 3 is 2.32 bits per heavy atom. The molecule has 0 bridgehead atoms. The van der Waals surface area contributed by atoms with Gasteiger partial charge in [0.2, 0.25) is 0 Å². The average Bonchev–Trinajstić information content (AvgIpc) is 2.57. The molecule has 0 radical (unpaired) electrons. The molecule has 0 unspecified atom stereocenters. The zero-order chi connectivity index (χ0) is 15.6. The van der Waals surface area contributed by atoms with Crippen LogP contribution in [0.1, 0.15) is 70.9 Å². The molecule has 0 aliphatic carbocycles. The summed E-state index contributed by atoms with van der Waals surface area (Å²) in [6.45, 7) is 8.20. The van der Waals surface area contributed by atoms with Crippen LogP contribution in [0.3, 0.4) is 0 Å². The fourth-order valence-electron chi connectivity index (χ4n) is 3.85. The molecule has 0 spiro atoms. The Morgan fingerprint density at radius 2 is 1.77 bits per heavy atom. The van der Waals surface area contributed by atoms with Gasteiger partial charge in [-0.25, -0.2) is 0 Å². The van der Waals surface area contributed by atoms with Gasteiger partial charge in [-0.05, 0) is 49.9 Å². The van der Waals surface area contributed by atoms with Crippen molar-refractivity contribution in [3.63, 3.8) is 0 Å². The van der Waals surface area contributed by atoms with E-state index in [1.807, 2.05) is 12.3 Å². The first-order chi connectivity index (χ1) is 10.8. The summed E-state index contributed by atoms with van der Waals surface area (Å²) in [6.07, 6.45) is 13.2. The van der Waals surface area contributed by atoms with Crippen LogP contribution in [0.25, 0.3) is 0 Å². The highest BCUT2D eigenvalue weighted by Crippen LogP contribution is 2.32. The van der Waals surface area contributed by atoms with E-state index in [1.165, 1.54) is 70.2 Å². The lowest BCUT2D eigenvalue weighted by atomic mass is 9.78. The first kappa shape index (κ1) is 17.5. The Morgan fingerprint density at radius 1 is 1.09 bits per heavy atom. The molecule has 1 fully saturated rings. The largest absolute Gasteiger partial charge is 0.297 e. The molecular formula is C20H34N2. The number of likely N-dealkylation sites (tertiary alicyclic amines) is 1. The number of hydrogen-bond donors (Lipinski definition) is 0. The highest BCUT2D eigenvalue weighted by atomic mass is 15.1. The summed E-state index contributed by atoms with van der Waals surface area (Å²) >= 11 is 0. The first-order valence-electron chi connectivity index (χ1n) is 9.45. The lowest BCUT2D eigenvalue weighted by molar-refractivity contribution is 0.129. The Balaban J connectivity index is 1.78. The van der Waals surface area contributed by atoms with Crippen molar-refractivity contribution in [2.24, 2.45) is 11.8 Å². The van der Waals surface area contributed by atoms with Crippen LogP contribution >= 0.6 is 0 Å². The van der Waals surface area contributed by atoms with Crippen molar-refractivity contribution in [2.45, 2.75) is 71.8 Å². The zero-order valence-corrected chi connectivity index (χ0v) is 14.6. The van der Waals surface area contributed by atoms with Gasteiger partial charge in [-0.3, -0.25) is 9.88 Å². The molecule has 1 aromatic heterocycles. The van der Waals surface area contributed by atoms with Crippen LogP contribution in [0.5, 0.6) is 0 Å². The van der Waals surface area contributed by atoms with Crippen LogP contribution in [0.2, 0.25) is 0 Å². The van der Waals surface area contributed by atoms with E-state index in [0.717, 1.165) is 18.4 Å². The molecule has 1 aliphatic rings. The molecule has 0 atom stereocenters. The maximum atomic E-state index is 4.47. The Hall–Kier alpha value is -0.890. The number of pyridine rings is 1. The van der Waals surface area contributed by atoms with E-state index in [0.29, 0.717) is 0 Å². The predicted octanol–water partition coefficient (Wildman–Crippen LogP) is 5.29. The SMILES string of the molecule is CCCCC(CCCC)C1CCN(Cc2ccccn2)CC1. The standard InChI is InChI=1S/C20H34N2/c1-3-5-9-18(10-6-4-2)19-12-15-22(16-13-19)17-20-11-7-8-14-21-20/h7-8,11,14,18-19H,3-6,9-10,12-13,15-17H2,1-2H3. The van der Waals surface area contributed by atoms with Crippen molar-refractivity contribution in [1.29, 1.82) is 0 Å². The second kappa shape index (κ2) is 9.99. The van der Waals surface area contributed by atoms with E-state index in [9.17, 15) is 0 Å². The van der Waals surface area contributed by atoms with E-state index in [1.54, 1.807) is 0 Å². The van der Waals surface area contributed by atoms with E-state index < -0.39 is 0 Å². The van der Waals surface area contributed by atoms with E-state index in [4.69, 9.17) is 0 Å². The van der Waals surface area contributed by atoms with Gasteiger partial charge in [-0.15, -0.1) is 0 Å². The van der Waals surface area contributed by atoms with Gasteiger partial charge in [-0.2, -0.15) is 0 Å². The number of unbranched alkanes of at least 4 members (excludes halogenated alkanes) is 2. The molecule has 124 valence electrons. The molecule has 0 saturated carbocycles. The smallest absolute Gasteiger partial charge is 0.0543 e. The summed E-state index contributed by atoms with van der Waals surface area (Å²) in [5.41, 5.74) is 1.22. The Labute approximate surface area is 137 Å². The predicted molar refractivity (Wildman–Crippen MR) is 94.8 cm³/mol. The van der Waals surface area contributed by atoms with Crippen molar-refractivity contribution in [3.05, 3.63) is 30.1 Å². The first-order valence-corrected chi connectivity index (χ1v) is 9.45. The summed E-state index contributed by atoms with van der Waals surface area (Å²) in [6, 6.07) is 6.25. The Bertz CT molecular complexity index is 374. The highest BCUT2D eigenvalue weighted by molar-refractivity contribution is 5.03. The molecule has 2 nitrogen and oxygen atoms in total. The second-order valence-electron chi connectivity index (χ2n) is 6.98. The molecular weight excluding hydrogens is 268 g/mol. The van der Waals surface area contributed by atoms with Crippen molar-refractivity contribution < 1.29 is 0 Å².